The summed E-state index contributed by atoms with van der Waals surface area (Å²) < 4.78 is 31.6. The van der Waals surface area contributed by atoms with Crippen LogP contribution in [0.1, 0.15) is 96.8 Å². The van der Waals surface area contributed by atoms with Crippen molar-refractivity contribution in [1.82, 2.24) is 4.90 Å². The molecule has 0 spiro atoms. The van der Waals surface area contributed by atoms with E-state index in [1.165, 1.54) is 75.5 Å². The van der Waals surface area contributed by atoms with E-state index in [1.54, 1.807) is 13.1 Å². The third-order valence-electron chi connectivity index (χ3n) is 4.75. The molecule has 5 nitrogen and oxygen atoms in total. The number of hydrogen-bond acceptors (Lipinski definition) is 4. The quantitative estimate of drug-likeness (QED) is 0.146. The van der Waals surface area contributed by atoms with Gasteiger partial charge in [0.15, 0.2) is 0 Å². The second kappa shape index (κ2) is 20.4. The average Bonchev–Trinajstić information content (AvgIpc) is 2.60. The summed E-state index contributed by atoms with van der Waals surface area (Å²) in [4.78, 5) is 13.3. The van der Waals surface area contributed by atoms with Crippen LogP contribution in [0.2, 0.25) is 0 Å². The van der Waals surface area contributed by atoms with Crippen molar-refractivity contribution < 1.29 is 47.3 Å². The average molecular weight is 426 g/mol. The number of allylic oxidation sites excluding steroid dienone is 1. The molecule has 7 heteroatoms. The molecule has 0 unspecified atom stereocenters. The van der Waals surface area contributed by atoms with Crippen molar-refractivity contribution in [2.45, 2.75) is 96.8 Å². The molecule has 0 saturated heterocycles. The van der Waals surface area contributed by atoms with Crippen LogP contribution in [0, 0.1) is 0 Å². The summed E-state index contributed by atoms with van der Waals surface area (Å²) in [5, 5.41) is 0. The summed E-state index contributed by atoms with van der Waals surface area (Å²) in [7, 11) is -2.58. The molecule has 1 amide bonds. The molecule has 0 aliphatic rings. The van der Waals surface area contributed by atoms with E-state index in [0.29, 0.717) is 0 Å². The van der Waals surface area contributed by atoms with Gasteiger partial charge >= 0.3 is 29.6 Å². The van der Waals surface area contributed by atoms with Crippen molar-refractivity contribution in [2.75, 3.05) is 19.3 Å². The fourth-order valence-electron chi connectivity index (χ4n) is 3.00. The monoisotopic (exact) mass is 425 g/mol. The summed E-state index contributed by atoms with van der Waals surface area (Å²) in [5.41, 5.74) is 0. The molecule has 0 rings (SSSR count). The largest absolute Gasteiger partial charge is 1.00 e. The SMILES string of the molecule is CCCCCCCCCCCCCC/C=C/C(=O)N(C)CCCS(=O)(=O)[O-].[Na+]. The van der Waals surface area contributed by atoms with Gasteiger partial charge in [-0.2, -0.15) is 0 Å². The van der Waals surface area contributed by atoms with E-state index in [-0.39, 0.29) is 48.4 Å². The molecular weight excluding hydrogens is 385 g/mol. The maximum atomic E-state index is 11.8. The second-order valence-corrected chi connectivity index (χ2v) is 8.98. The first kappa shape index (κ1) is 30.3. The predicted molar refractivity (Wildman–Crippen MR) is 112 cm³/mol. The topological polar surface area (TPSA) is 77.5 Å². The molecule has 0 saturated carbocycles. The Bertz CT molecular complexity index is 495. The summed E-state index contributed by atoms with van der Waals surface area (Å²) >= 11 is 0. The van der Waals surface area contributed by atoms with Crippen LogP contribution in [0.25, 0.3) is 0 Å². The van der Waals surface area contributed by atoms with Crippen LogP contribution < -0.4 is 29.6 Å². The van der Waals surface area contributed by atoms with Crippen LogP contribution in [0.5, 0.6) is 0 Å². The second-order valence-electron chi connectivity index (χ2n) is 7.46. The van der Waals surface area contributed by atoms with Gasteiger partial charge in [0.1, 0.15) is 0 Å². The van der Waals surface area contributed by atoms with Crippen molar-refractivity contribution >= 4 is 16.0 Å². The Hall–Kier alpha value is 0.120. The standard InChI is InChI=1S/C21H41NO4S.Na/c1-3-4-5-6-7-8-9-10-11-12-13-14-15-16-18-21(23)22(2)19-17-20-27(24,25)26;/h16,18H,3-15,17,19-20H2,1-2H3,(H,24,25,26);/q;+1/p-1/b18-16+;. The zero-order chi connectivity index (χ0) is 20.4. The van der Waals surface area contributed by atoms with E-state index in [4.69, 9.17) is 0 Å². The molecule has 0 atom stereocenters. The van der Waals surface area contributed by atoms with Gasteiger partial charge in [0, 0.05) is 19.3 Å². The summed E-state index contributed by atoms with van der Waals surface area (Å²) in [6.07, 6.45) is 20.3. The van der Waals surface area contributed by atoms with Crippen molar-refractivity contribution in [3.05, 3.63) is 12.2 Å². The van der Waals surface area contributed by atoms with Crippen LogP contribution in [-0.4, -0.2) is 43.1 Å². The molecule has 0 fully saturated rings. The van der Waals surface area contributed by atoms with Gasteiger partial charge in [-0.25, -0.2) is 8.42 Å². The van der Waals surface area contributed by atoms with Gasteiger partial charge in [0.05, 0.1) is 10.1 Å². The molecule has 0 aliphatic heterocycles. The molecule has 0 radical (unpaired) electrons. The minimum absolute atomic E-state index is 0. The maximum Gasteiger partial charge on any atom is 1.00 e. The van der Waals surface area contributed by atoms with Gasteiger partial charge < -0.3 is 9.45 Å². The Kier molecular flexibility index (Phi) is 22.1. The number of hydrogen-bond donors (Lipinski definition) is 0. The van der Waals surface area contributed by atoms with Gasteiger partial charge in [-0.05, 0) is 25.3 Å². The number of unbranched alkanes of at least 4 members (excludes halogenated alkanes) is 12. The molecule has 0 aliphatic carbocycles. The zero-order valence-electron chi connectivity index (χ0n) is 18.5. The van der Waals surface area contributed by atoms with E-state index in [0.717, 1.165) is 12.8 Å². The van der Waals surface area contributed by atoms with Crippen LogP contribution in [0.15, 0.2) is 12.2 Å². The third kappa shape index (κ3) is 22.4. The van der Waals surface area contributed by atoms with E-state index in [2.05, 4.69) is 6.92 Å². The molecule has 0 aromatic heterocycles. The van der Waals surface area contributed by atoms with E-state index < -0.39 is 15.9 Å². The number of carbonyl (C=O) groups is 1. The first-order chi connectivity index (χ1) is 12.9. The molecule has 0 heterocycles. The molecule has 0 aromatic carbocycles. The van der Waals surface area contributed by atoms with Gasteiger partial charge in [-0.15, -0.1) is 0 Å². The number of nitrogens with zero attached hydrogens (tertiary/aromatic N) is 1. The van der Waals surface area contributed by atoms with Gasteiger partial charge in [-0.3, -0.25) is 4.79 Å². The normalized spacial score (nSPS) is 11.5. The van der Waals surface area contributed by atoms with Crippen molar-refractivity contribution in [2.24, 2.45) is 0 Å². The molecule has 0 N–H and O–H groups in total. The zero-order valence-corrected chi connectivity index (χ0v) is 21.3. The number of carbonyl (C=O) groups excluding carboxylic acids is 1. The van der Waals surface area contributed by atoms with Gasteiger partial charge in [0.25, 0.3) is 0 Å². The van der Waals surface area contributed by atoms with Gasteiger partial charge in [0.2, 0.25) is 5.91 Å². The Morgan fingerprint density at radius 2 is 1.32 bits per heavy atom. The molecular formula is C21H40NNaO4S. The summed E-state index contributed by atoms with van der Waals surface area (Å²) in [6, 6.07) is 0. The summed E-state index contributed by atoms with van der Waals surface area (Å²) in [6.45, 7) is 2.53. The van der Waals surface area contributed by atoms with Crippen LogP contribution in [0.4, 0.5) is 0 Å². The molecule has 28 heavy (non-hydrogen) atoms. The van der Waals surface area contributed by atoms with E-state index >= 15 is 0 Å². The number of likely N-dealkylation sites (N-methyl/N-ethyl adjacent to an activating group) is 1. The first-order valence-corrected chi connectivity index (χ1v) is 12.3. The summed E-state index contributed by atoms with van der Waals surface area (Å²) in [5.74, 6) is -0.565. The van der Waals surface area contributed by atoms with E-state index in [1.807, 2.05) is 6.08 Å². The Balaban J connectivity index is 0. The smallest absolute Gasteiger partial charge is 0.748 e. The van der Waals surface area contributed by atoms with Crippen molar-refractivity contribution in [3.63, 3.8) is 0 Å². The minimum atomic E-state index is -4.19. The van der Waals surface area contributed by atoms with E-state index in [9.17, 15) is 17.8 Å². The van der Waals surface area contributed by atoms with Crippen molar-refractivity contribution in [1.29, 1.82) is 0 Å². The number of amides is 1. The first-order valence-electron chi connectivity index (χ1n) is 10.7. The van der Waals surface area contributed by atoms with Crippen LogP contribution in [0.3, 0.4) is 0 Å². The molecule has 160 valence electrons. The fraction of sp³-hybridized carbons (Fsp3) is 0.857. The molecule has 0 aromatic rings. The Morgan fingerprint density at radius 1 is 0.857 bits per heavy atom. The van der Waals surface area contributed by atoms with Crippen LogP contribution in [-0.2, 0) is 14.9 Å². The predicted octanol–water partition coefficient (Wildman–Crippen LogP) is 2.03. The van der Waals surface area contributed by atoms with Crippen LogP contribution >= 0.6 is 0 Å². The molecule has 0 bridgehead atoms. The van der Waals surface area contributed by atoms with Crippen molar-refractivity contribution in [3.8, 4) is 0 Å². The Morgan fingerprint density at radius 3 is 1.79 bits per heavy atom. The Labute approximate surface area is 195 Å². The van der Waals surface area contributed by atoms with Gasteiger partial charge in [-0.1, -0.05) is 83.6 Å². The minimum Gasteiger partial charge on any atom is -0.748 e. The third-order valence-corrected chi connectivity index (χ3v) is 5.54. The number of rotatable bonds is 18. The maximum absolute atomic E-state index is 11.8. The fourth-order valence-corrected chi connectivity index (χ4v) is 3.49.